The fourth-order valence-corrected chi connectivity index (χ4v) is 5.74. The van der Waals surface area contributed by atoms with Crippen LogP contribution in [0.4, 0.5) is 13.2 Å². The molecule has 1 atom stereocenters. The number of nitrogens with zero attached hydrogens (tertiary/aromatic N) is 3. The Kier molecular flexibility index (Phi) is 10.5. The summed E-state index contributed by atoms with van der Waals surface area (Å²) in [5.41, 5.74) is 2.43. The lowest BCUT2D eigenvalue weighted by Gasteiger charge is -2.38. The first-order valence-electron chi connectivity index (χ1n) is 15.2. The largest absolute Gasteiger partial charge is 0.433 e. The first kappa shape index (κ1) is 31.7. The van der Waals surface area contributed by atoms with Crippen molar-refractivity contribution in [3.05, 3.63) is 143 Å². The van der Waals surface area contributed by atoms with Gasteiger partial charge >= 0.3 is 6.18 Å². The van der Waals surface area contributed by atoms with Crippen LogP contribution in [-0.4, -0.2) is 45.7 Å². The molecule has 5 rings (SSSR count). The number of hydrogen-bond acceptors (Lipinski definition) is 3. The minimum atomic E-state index is -4.55. The molecule has 0 N–H and O–H groups in total. The van der Waals surface area contributed by atoms with Crippen LogP contribution >= 0.6 is 0 Å². The molecular weight excluding hydrogens is 575 g/mol. The summed E-state index contributed by atoms with van der Waals surface area (Å²) < 4.78 is 39.0. The van der Waals surface area contributed by atoms with Gasteiger partial charge < -0.3 is 9.80 Å². The van der Waals surface area contributed by atoms with Crippen molar-refractivity contribution in [2.75, 3.05) is 13.1 Å². The second-order valence-corrected chi connectivity index (χ2v) is 11.4. The molecule has 0 radical (unpaired) electrons. The first-order valence-corrected chi connectivity index (χ1v) is 15.2. The number of halogens is 3. The maximum absolute atomic E-state index is 14.3. The molecule has 1 aromatic heterocycles. The Morgan fingerprint density at radius 1 is 0.822 bits per heavy atom. The number of aromatic nitrogens is 1. The lowest BCUT2D eigenvalue weighted by molar-refractivity contribution is -0.145. The fourth-order valence-electron chi connectivity index (χ4n) is 5.74. The van der Waals surface area contributed by atoms with Crippen LogP contribution in [0, 0.1) is 5.92 Å². The second kappa shape index (κ2) is 14.8. The Bertz CT molecular complexity index is 1550. The number of alkyl halides is 3. The van der Waals surface area contributed by atoms with Crippen LogP contribution in [0.15, 0.2) is 115 Å². The zero-order chi connectivity index (χ0) is 31.6. The Labute approximate surface area is 262 Å². The molecule has 1 fully saturated rings. The summed E-state index contributed by atoms with van der Waals surface area (Å²) in [6.45, 7) is 1.42. The van der Waals surface area contributed by atoms with E-state index in [1.165, 1.54) is 23.8 Å². The fraction of sp³-hybridized carbons (Fsp3) is 0.270. The number of rotatable bonds is 10. The third-order valence-corrected chi connectivity index (χ3v) is 8.20. The van der Waals surface area contributed by atoms with Crippen molar-refractivity contribution in [2.45, 2.75) is 44.4 Å². The smallest absolute Gasteiger partial charge is 0.341 e. The van der Waals surface area contributed by atoms with Crippen LogP contribution < -0.4 is 0 Å². The van der Waals surface area contributed by atoms with Gasteiger partial charge in [-0.1, -0.05) is 97.1 Å². The monoisotopic (exact) mass is 611 g/mol. The maximum Gasteiger partial charge on any atom is 0.433 e. The Balaban J connectivity index is 1.39. The lowest BCUT2D eigenvalue weighted by atomic mass is 9.89. The standard InChI is InChI=1S/C37H36F3N3O2/c38-37(39,40)34-18-16-31(26-41-34)17-19-35(44)43(27-32-14-8-3-9-15-32)33(25-29-12-6-2-7-13-29)36(45)42-22-20-30(21-23-42)24-28-10-4-1-5-11-28/h1-19,26,30,33H,20-25,27H2/b19-17+/t33-/m0/s1. The molecule has 2 heterocycles. The van der Waals surface area contributed by atoms with Gasteiger partial charge in [-0.25, -0.2) is 0 Å². The third-order valence-electron chi connectivity index (χ3n) is 8.20. The van der Waals surface area contributed by atoms with Gasteiger partial charge in [-0.15, -0.1) is 0 Å². The molecule has 0 spiro atoms. The van der Waals surface area contributed by atoms with Crippen molar-refractivity contribution >= 4 is 17.9 Å². The molecule has 4 aromatic rings. The van der Waals surface area contributed by atoms with E-state index in [1.54, 1.807) is 4.90 Å². The SMILES string of the molecule is O=C([C@H](Cc1ccccc1)N(Cc1ccccc1)C(=O)/C=C/c1ccc(C(F)(F)F)nc1)N1CCC(Cc2ccccc2)CC1. The van der Waals surface area contributed by atoms with Gasteiger partial charge in [-0.2, -0.15) is 13.2 Å². The summed E-state index contributed by atoms with van der Waals surface area (Å²) in [5, 5.41) is 0. The minimum absolute atomic E-state index is 0.106. The van der Waals surface area contributed by atoms with Gasteiger partial charge in [-0.3, -0.25) is 14.6 Å². The quantitative estimate of drug-likeness (QED) is 0.178. The van der Waals surface area contributed by atoms with E-state index in [-0.39, 0.29) is 12.5 Å². The van der Waals surface area contributed by atoms with Gasteiger partial charge in [0.2, 0.25) is 11.8 Å². The molecule has 45 heavy (non-hydrogen) atoms. The molecule has 8 heteroatoms. The number of amides is 2. The summed E-state index contributed by atoms with van der Waals surface area (Å²) >= 11 is 0. The van der Waals surface area contributed by atoms with Crippen molar-refractivity contribution in [3.8, 4) is 0 Å². The second-order valence-electron chi connectivity index (χ2n) is 11.4. The maximum atomic E-state index is 14.3. The van der Waals surface area contributed by atoms with E-state index < -0.39 is 23.8 Å². The average molecular weight is 612 g/mol. The number of pyridine rings is 1. The summed E-state index contributed by atoms with van der Waals surface area (Å²) in [7, 11) is 0. The molecule has 0 unspecified atom stereocenters. The predicted molar refractivity (Wildman–Crippen MR) is 169 cm³/mol. The summed E-state index contributed by atoms with van der Waals surface area (Å²) in [6, 6.07) is 30.8. The van der Waals surface area contributed by atoms with E-state index in [9.17, 15) is 22.8 Å². The van der Waals surface area contributed by atoms with Crippen LogP contribution in [0.5, 0.6) is 0 Å². The van der Waals surface area contributed by atoms with Crippen LogP contribution in [0.1, 0.15) is 40.8 Å². The zero-order valence-electron chi connectivity index (χ0n) is 24.9. The van der Waals surface area contributed by atoms with Crippen LogP contribution in [-0.2, 0) is 35.2 Å². The van der Waals surface area contributed by atoms with Crippen molar-refractivity contribution in [1.82, 2.24) is 14.8 Å². The highest BCUT2D eigenvalue weighted by molar-refractivity contribution is 5.95. The molecule has 3 aromatic carbocycles. The number of carbonyl (C=O) groups excluding carboxylic acids is 2. The number of hydrogen-bond donors (Lipinski definition) is 0. The molecule has 2 amide bonds. The van der Waals surface area contributed by atoms with Crippen LogP contribution in [0.25, 0.3) is 6.08 Å². The third kappa shape index (κ3) is 8.91. The summed E-state index contributed by atoms with van der Waals surface area (Å²) in [6.07, 6.45) is 2.35. The van der Waals surface area contributed by atoms with Gasteiger partial charge in [-0.05, 0) is 59.6 Å². The number of piperidine rings is 1. The molecular formula is C37H36F3N3O2. The number of likely N-dealkylation sites (tertiary alicyclic amines) is 1. The van der Waals surface area contributed by atoms with Crippen molar-refractivity contribution in [2.24, 2.45) is 5.92 Å². The van der Waals surface area contributed by atoms with Gasteiger partial charge in [0.1, 0.15) is 11.7 Å². The van der Waals surface area contributed by atoms with Crippen LogP contribution in [0.3, 0.4) is 0 Å². The van der Waals surface area contributed by atoms with E-state index in [1.807, 2.05) is 83.8 Å². The van der Waals surface area contributed by atoms with Crippen LogP contribution in [0.2, 0.25) is 0 Å². The summed E-state index contributed by atoms with van der Waals surface area (Å²) in [4.78, 5) is 35.1. The van der Waals surface area contributed by atoms with Gasteiger partial charge in [0, 0.05) is 38.3 Å². The van der Waals surface area contributed by atoms with E-state index in [0.717, 1.165) is 42.7 Å². The molecule has 5 nitrogen and oxygen atoms in total. The highest BCUT2D eigenvalue weighted by Crippen LogP contribution is 2.28. The van der Waals surface area contributed by atoms with Crippen molar-refractivity contribution < 1.29 is 22.8 Å². The normalized spacial score (nSPS) is 14.8. The molecule has 0 saturated carbocycles. The predicted octanol–water partition coefficient (Wildman–Crippen LogP) is 7.24. The molecule has 1 saturated heterocycles. The molecule has 1 aliphatic rings. The van der Waals surface area contributed by atoms with E-state index in [0.29, 0.717) is 31.0 Å². The van der Waals surface area contributed by atoms with E-state index in [2.05, 4.69) is 17.1 Å². The average Bonchev–Trinajstić information content (AvgIpc) is 3.06. The molecule has 0 bridgehead atoms. The van der Waals surface area contributed by atoms with Crippen molar-refractivity contribution in [3.63, 3.8) is 0 Å². The summed E-state index contributed by atoms with van der Waals surface area (Å²) in [5.74, 6) is -0.0377. The Hall–Kier alpha value is -4.72. The first-order chi connectivity index (χ1) is 21.8. The Morgan fingerprint density at radius 3 is 1.96 bits per heavy atom. The van der Waals surface area contributed by atoms with E-state index >= 15 is 0 Å². The zero-order valence-corrected chi connectivity index (χ0v) is 24.9. The van der Waals surface area contributed by atoms with Gasteiger partial charge in [0.05, 0.1) is 0 Å². The minimum Gasteiger partial charge on any atom is -0.341 e. The van der Waals surface area contributed by atoms with Gasteiger partial charge in [0.25, 0.3) is 0 Å². The molecule has 232 valence electrons. The number of carbonyl (C=O) groups is 2. The van der Waals surface area contributed by atoms with Gasteiger partial charge in [0.15, 0.2) is 0 Å². The highest BCUT2D eigenvalue weighted by Gasteiger charge is 2.35. The highest BCUT2D eigenvalue weighted by atomic mass is 19.4. The Morgan fingerprint density at radius 2 is 1.40 bits per heavy atom. The number of benzene rings is 3. The molecule has 0 aliphatic carbocycles. The lowest BCUT2D eigenvalue weighted by Crippen LogP contribution is -2.53. The van der Waals surface area contributed by atoms with E-state index in [4.69, 9.17) is 0 Å². The topological polar surface area (TPSA) is 53.5 Å². The molecule has 1 aliphatic heterocycles. The van der Waals surface area contributed by atoms with Crippen molar-refractivity contribution in [1.29, 1.82) is 0 Å².